The third-order valence-electron chi connectivity index (χ3n) is 2.54. The fourth-order valence-electron chi connectivity index (χ4n) is 1.32. The minimum atomic E-state index is 0.00663. The topological polar surface area (TPSA) is 46.3 Å². The van der Waals surface area contributed by atoms with Gasteiger partial charge in [-0.15, -0.1) is 0 Å². The molecule has 0 bridgehead atoms. The van der Waals surface area contributed by atoms with Crippen molar-refractivity contribution in [1.82, 2.24) is 4.90 Å². The van der Waals surface area contributed by atoms with Crippen LogP contribution in [0.15, 0.2) is 0 Å². The van der Waals surface area contributed by atoms with Crippen LogP contribution in [-0.4, -0.2) is 30.9 Å². The molecule has 84 valence electrons. The van der Waals surface area contributed by atoms with Crippen molar-refractivity contribution in [3.05, 3.63) is 0 Å². The summed E-state index contributed by atoms with van der Waals surface area (Å²) in [5, 5.41) is 0. The lowest BCUT2D eigenvalue weighted by molar-refractivity contribution is -0.134. The molecule has 0 aliphatic heterocycles. The van der Waals surface area contributed by atoms with Crippen molar-refractivity contribution in [2.24, 2.45) is 17.6 Å². The van der Waals surface area contributed by atoms with E-state index in [1.807, 2.05) is 14.0 Å². The van der Waals surface area contributed by atoms with Gasteiger partial charge in [0.15, 0.2) is 0 Å². The van der Waals surface area contributed by atoms with E-state index in [0.717, 1.165) is 19.4 Å². The maximum absolute atomic E-state index is 11.8. The zero-order valence-corrected chi connectivity index (χ0v) is 9.92. The highest BCUT2D eigenvalue weighted by atomic mass is 16.2. The van der Waals surface area contributed by atoms with Crippen molar-refractivity contribution in [2.45, 2.75) is 33.6 Å². The molecule has 3 heteroatoms. The Hall–Kier alpha value is -0.570. The largest absolute Gasteiger partial charge is 0.345 e. The number of carbonyl (C=O) groups excluding carboxylic acids is 1. The quantitative estimate of drug-likeness (QED) is 0.706. The van der Waals surface area contributed by atoms with Gasteiger partial charge in [0.05, 0.1) is 5.92 Å². The van der Waals surface area contributed by atoms with Gasteiger partial charge in [0.2, 0.25) is 5.91 Å². The van der Waals surface area contributed by atoms with E-state index in [0.29, 0.717) is 12.5 Å². The smallest absolute Gasteiger partial charge is 0.226 e. The van der Waals surface area contributed by atoms with Gasteiger partial charge >= 0.3 is 0 Å². The maximum Gasteiger partial charge on any atom is 0.226 e. The van der Waals surface area contributed by atoms with Crippen LogP contribution in [0.4, 0.5) is 0 Å². The van der Waals surface area contributed by atoms with E-state index in [1.54, 1.807) is 4.90 Å². The lowest BCUT2D eigenvalue weighted by atomic mass is 10.0. The van der Waals surface area contributed by atoms with Crippen LogP contribution in [0.2, 0.25) is 0 Å². The van der Waals surface area contributed by atoms with E-state index in [1.165, 1.54) is 0 Å². The van der Waals surface area contributed by atoms with Gasteiger partial charge in [0.25, 0.3) is 0 Å². The number of hydrogen-bond donors (Lipinski definition) is 1. The van der Waals surface area contributed by atoms with Crippen molar-refractivity contribution < 1.29 is 4.79 Å². The number of nitrogens with two attached hydrogens (primary N) is 1. The van der Waals surface area contributed by atoms with Crippen LogP contribution in [0.25, 0.3) is 0 Å². The Morgan fingerprint density at radius 1 is 1.43 bits per heavy atom. The minimum absolute atomic E-state index is 0.00663. The van der Waals surface area contributed by atoms with Crippen molar-refractivity contribution in [1.29, 1.82) is 0 Å². The molecular weight excluding hydrogens is 176 g/mol. The van der Waals surface area contributed by atoms with Crippen LogP contribution in [0.3, 0.4) is 0 Å². The van der Waals surface area contributed by atoms with Crippen molar-refractivity contribution in [2.75, 3.05) is 20.1 Å². The summed E-state index contributed by atoms with van der Waals surface area (Å²) in [7, 11) is 1.86. The molecule has 0 spiro atoms. The summed E-state index contributed by atoms with van der Waals surface area (Å²) in [5.41, 5.74) is 5.53. The van der Waals surface area contributed by atoms with Gasteiger partial charge in [0, 0.05) is 20.1 Å². The maximum atomic E-state index is 11.8. The molecule has 0 aromatic carbocycles. The number of amides is 1. The van der Waals surface area contributed by atoms with Gasteiger partial charge in [-0.25, -0.2) is 0 Å². The lowest BCUT2D eigenvalue weighted by Gasteiger charge is -2.22. The fourth-order valence-corrected chi connectivity index (χ4v) is 1.32. The molecule has 0 saturated carbocycles. The Kier molecular flexibility index (Phi) is 6.54. The summed E-state index contributed by atoms with van der Waals surface area (Å²) in [6.07, 6.45) is 1.89. The first-order chi connectivity index (χ1) is 6.52. The number of nitrogens with zero attached hydrogens (tertiary/aromatic N) is 1. The Balaban J connectivity index is 3.97. The van der Waals surface area contributed by atoms with Crippen LogP contribution < -0.4 is 5.73 Å². The number of carbonyl (C=O) groups is 1. The molecule has 2 N–H and O–H groups in total. The van der Waals surface area contributed by atoms with Crippen LogP contribution in [0.1, 0.15) is 33.6 Å². The van der Waals surface area contributed by atoms with Gasteiger partial charge in [-0.05, 0) is 18.8 Å². The monoisotopic (exact) mass is 200 g/mol. The summed E-state index contributed by atoms with van der Waals surface area (Å²) in [6.45, 7) is 7.64. The van der Waals surface area contributed by atoms with Crippen LogP contribution in [-0.2, 0) is 4.79 Å². The molecule has 3 nitrogen and oxygen atoms in total. The van der Waals surface area contributed by atoms with Gasteiger partial charge in [-0.3, -0.25) is 4.79 Å². The Morgan fingerprint density at radius 2 is 2.00 bits per heavy atom. The minimum Gasteiger partial charge on any atom is -0.345 e. The predicted octanol–water partition coefficient (Wildman–Crippen LogP) is 1.48. The Labute approximate surface area is 87.6 Å². The summed E-state index contributed by atoms with van der Waals surface area (Å²) in [6, 6.07) is 0. The molecule has 0 aromatic heterocycles. The van der Waals surface area contributed by atoms with Crippen molar-refractivity contribution in [3.8, 4) is 0 Å². The van der Waals surface area contributed by atoms with Crippen molar-refractivity contribution in [3.63, 3.8) is 0 Å². The molecule has 1 atom stereocenters. The summed E-state index contributed by atoms with van der Waals surface area (Å²) in [5.74, 6) is 0.839. The average Bonchev–Trinajstić information content (AvgIpc) is 2.15. The first kappa shape index (κ1) is 13.4. The van der Waals surface area contributed by atoms with E-state index < -0.39 is 0 Å². The SMILES string of the molecule is CCC(CN)C(=O)N(C)CCC(C)C. The van der Waals surface area contributed by atoms with Gasteiger partial charge in [0.1, 0.15) is 0 Å². The normalized spacial score (nSPS) is 13.0. The second-order valence-corrected chi connectivity index (χ2v) is 4.28. The Morgan fingerprint density at radius 3 is 2.36 bits per heavy atom. The molecule has 0 aliphatic carbocycles. The van der Waals surface area contributed by atoms with Crippen molar-refractivity contribution >= 4 is 5.91 Å². The summed E-state index contributed by atoms with van der Waals surface area (Å²) >= 11 is 0. The molecule has 0 fully saturated rings. The van der Waals surface area contributed by atoms with E-state index in [9.17, 15) is 4.79 Å². The number of hydrogen-bond acceptors (Lipinski definition) is 2. The first-order valence-corrected chi connectivity index (χ1v) is 5.47. The predicted molar refractivity (Wildman–Crippen MR) is 59.9 cm³/mol. The van der Waals surface area contributed by atoms with Crippen LogP contribution in [0.5, 0.6) is 0 Å². The third-order valence-corrected chi connectivity index (χ3v) is 2.54. The standard InChI is InChI=1S/C11H24N2O/c1-5-10(8-12)11(14)13(4)7-6-9(2)3/h9-10H,5-8,12H2,1-4H3. The number of rotatable bonds is 6. The molecule has 1 amide bonds. The fraction of sp³-hybridized carbons (Fsp3) is 0.909. The summed E-state index contributed by atoms with van der Waals surface area (Å²) < 4.78 is 0. The lowest BCUT2D eigenvalue weighted by Crippen LogP contribution is -2.37. The van der Waals surface area contributed by atoms with Gasteiger partial charge in [-0.1, -0.05) is 20.8 Å². The second-order valence-electron chi connectivity index (χ2n) is 4.28. The molecular formula is C11H24N2O. The van der Waals surface area contributed by atoms with Gasteiger partial charge in [-0.2, -0.15) is 0 Å². The molecule has 0 heterocycles. The molecule has 0 aliphatic rings. The molecule has 14 heavy (non-hydrogen) atoms. The molecule has 0 saturated heterocycles. The van der Waals surface area contributed by atoms with E-state index in [-0.39, 0.29) is 11.8 Å². The van der Waals surface area contributed by atoms with E-state index in [2.05, 4.69) is 13.8 Å². The highest BCUT2D eigenvalue weighted by Crippen LogP contribution is 2.07. The van der Waals surface area contributed by atoms with Gasteiger partial charge < -0.3 is 10.6 Å². The molecule has 0 rings (SSSR count). The molecule has 0 radical (unpaired) electrons. The Bertz CT molecular complexity index is 165. The summed E-state index contributed by atoms with van der Waals surface area (Å²) in [4.78, 5) is 13.6. The third kappa shape index (κ3) is 4.61. The molecule has 0 aromatic rings. The van der Waals surface area contributed by atoms with E-state index in [4.69, 9.17) is 5.73 Å². The first-order valence-electron chi connectivity index (χ1n) is 5.47. The highest BCUT2D eigenvalue weighted by Gasteiger charge is 2.18. The van der Waals surface area contributed by atoms with Crippen LogP contribution >= 0.6 is 0 Å². The van der Waals surface area contributed by atoms with E-state index >= 15 is 0 Å². The average molecular weight is 200 g/mol. The second kappa shape index (κ2) is 6.82. The highest BCUT2D eigenvalue weighted by molar-refractivity contribution is 5.78. The van der Waals surface area contributed by atoms with Crippen LogP contribution in [0, 0.1) is 11.8 Å². The molecule has 1 unspecified atom stereocenters. The zero-order chi connectivity index (χ0) is 11.1. The zero-order valence-electron chi connectivity index (χ0n) is 9.92.